The van der Waals surface area contributed by atoms with Crippen molar-refractivity contribution in [1.29, 1.82) is 0 Å². The molecule has 2 aromatic rings. The average Bonchev–Trinajstić information content (AvgIpc) is 2.04. The Morgan fingerprint density at radius 1 is 1.00 bits per heavy atom. The summed E-state index contributed by atoms with van der Waals surface area (Å²) in [5.74, 6) is -0.0799. The maximum absolute atomic E-state index is 11.2. The maximum Gasteiger partial charge on any atom is 0.122 e. The Morgan fingerprint density at radius 2 is 1.67 bits per heavy atom. The topological polar surface area (TPSA) is 43.3 Å². The Morgan fingerprint density at radius 3 is 2.33 bits per heavy atom. The molecule has 1 N–H and O–H groups in total. The second kappa shape index (κ2) is 2.41. The van der Waals surface area contributed by atoms with Crippen molar-refractivity contribution < 1.29 is 10.2 Å². The third-order valence-corrected chi connectivity index (χ3v) is 1.84. The summed E-state index contributed by atoms with van der Waals surface area (Å²) in [5, 5.41) is 21.8. The molecule has 0 aliphatic heterocycles. The molecule has 0 bridgehead atoms. The highest BCUT2D eigenvalue weighted by Crippen LogP contribution is 2.29. The molecule has 2 heteroatoms. The van der Waals surface area contributed by atoms with Crippen LogP contribution in [0.1, 0.15) is 0 Å². The quantitative estimate of drug-likeness (QED) is 0.634. The fraction of sp³-hybridized carbons (Fsp3) is 0. The molecule has 12 heavy (non-hydrogen) atoms. The molecule has 0 heterocycles. The number of rotatable bonds is 0. The van der Waals surface area contributed by atoms with Gasteiger partial charge in [-0.05, 0) is 11.5 Å². The molecule has 2 rings (SSSR count). The third kappa shape index (κ3) is 0.889. The molecule has 0 aliphatic carbocycles. The van der Waals surface area contributed by atoms with Crippen molar-refractivity contribution in [3.63, 3.8) is 0 Å². The van der Waals surface area contributed by atoms with Crippen molar-refractivity contribution in [1.82, 2.24) is 0 Å². The summed E-state index contributed by atoms with van der Waals surface area (Å²) in [4.78, 5) is 0. The highest BCUT2D eigenvalue weighted by atomic mass is 16.3. The van der Waals surface area contributed by atoms with Gasteiger partial charge in [0.15, 0.2) is 0 Å². The Bertz CT molecular complexity index is 384. The van der Waals surface area contributed by atoms with Crippen LogP contribution < -0.4 is 5.11 Å². The molecule has 2 nitrogen and oxygen atoms in total. The Kier molecular flexibility index (Phi) is 1.40. The van der Waals surface area contributed by atoms with Crippen LogP contribution in [0.2, 0.25) is 0 Å². The first-order valence-electron chi connectivity index (χ1n) is 3.67. The lowest BCUT2D eigenvalue weighted by atomic mass is 10.1. The van der Waals surface area contributed by atoms with E-state index < -0.39 is 0 Å². The van der Waals surface area contributed by atoms with Crippen LogP contribution in [0.15, 0.2) is 36.4 Å². The van der Waals surface area contributed by atoms with Gasteiger partial charge >= 0.3 is 0 Å². The van der Waals surface area contributed by atoms with Gasteiger partial charge in [0.2, 0.25) is 0 Å². The molecular formula is C10H7O2-. The number of fused-ring (bicyclic) bond motifs is 1. The predicted molar refractivity (Wildman–Crippen MR) is 45.1 cm³/mol. The van der Waals surface area contributed by atoms with Crippen molar-refractivity contribution in [2.24, 2.45) is 0 Å². The van der Waals surface area contributed by atoms with Crippen LogP contribution in [0, 0.1) is 0 Å². The van der Waals surface area contributed by atoms with E-state index in [1.807, 2.05) is 0 Å². The van der Waals surface area contributed by atoms with Crippen LogP contribution in [-0.2, 0) is 0 Å². The first-order chi connectivity index (χ1) is 5.79. The minimum atomic E-state index is -0.134. The lowest BCUT2D eigenvalue weighted by Crippen LogP contribution is -1.90. The zero-order chi connectivity index (χ0) is 8.55. The van der Waals surface area contributed by atoms with Crippen molar-refractivity contribution in [2.75, 3.05) is 0 Å². The van der Waals surface area contributed by atoms with E-state index in [1.54, 1.807) is 24.3 Å². The fourth-order valence-electron chi connectivity index (χ4n) is 1.29. The molecule has 0 unspecified atom stereocenters. The van der Waals surface area contributed by atoms with Gasteiger partial charge < -0.3 is 10.2 Å². The summed E-state index contributed by atoms with van der Waals surface area (Å²) in [5.41, 5.74) is 0. The van der Waals surface area contributed by atoms with E-state index in [-0.39, 0.29) is 11.5 Å². The second-order valence-electron chi connectivity index (χ2n) is 2.63. The summed E-state index contributed by atoms with van der Waals surface area (Å²) < 4.78 is 0. The van der Waals surface area contributed by atoms with Crippen LogP contribution in [-0.4, -0.2) is 5.11 Å². The van der Waals surface area contributed by atoms with Gasteiger partial charge in [-0.3, -0.25) is 0 Å². The summed E-state index contributed by atoms with van der Waals surface area (Å²) in [6.07, 6.45) is 0. The lowest BCUT2D eigenvalue weighted by molar-refractivity contribution is -0.265. The summed E-state index contributed by atoms with van der Waals surface area (Å²) in [7, 11) is 0. The van der Waals surface area contributed by atoms with E-state index in [0.29, 0.717) is 5.39 Å². The monoisotopic (exact) mass is 159 g/mol. The van der Waals surface area contributed by atoms with Gasteiger partial charge in [0, 0.05) is 5.39 Å². The minimum absolute atomic E-state index is 0.0538. The van der Waals surface area contributed by atoms with E-state index in [4.69, 9.17) is 0 Å². The van der Waals surface area contributed by atoms with Gasteiger partial charge in [-0.2, -0.15) is 0 Å². The average molecular weight is 159 g/mol. The number of phenolic OH excluding ortho intramolecular Hbond substituents is 1. The SMILES string of the molecule is [O-]c1cccc2cccc(O)c12. The zero-order valence-electron chi connectivity index (χ0n) is 6.32. The molecule has 60 valence electrons. The van der Waals surface area contributed by atoms with Gasteiger partial charge in [-0.1, -0.05) is 36.1 Å². The minimum Gasteiger partial charge on any atom is -0.872 e. The second-order valence-corrected chi connectivity index (χ2v) is 2.63. The molecule has 0 aromatic heterocycles. The first kappa shape index (κ1) is 6.98. The van der Waals surface area contributed by atoms with E-state index in [2.05, 4.69) is 0 Å². The zero-order valence-corrected chi connectivity index (χ0v) is 6.32. The van der Waals surface area contributed by atoms with Gasteiger partial charge in [0.25, 0.3) is 0 Å². The number of phenols is 1. The van der Waals surface area contributed by atoms with E-state index in [1.165, 1.54) is 12.1 Å². The standard InChI is InChI=1S/C10H8O2/c11-8-5-1-3-7-4-2-6-9(12)10(7)8/h1-6,11-12H/p-1. The van der Waals surface area contributed by atoms with E-state index >= 15 is 0 Å². The van der Waals surface area contributed by atoms with Crippen molar-refractivity contribution in [3.8, 4) is 11.5 Å². The summed E-state index contributed by atoms with van der Waals surface area (Å²) in [6, 6.07) is 9.97. The normalized spacial score (nSPS) is 10.3. The molecule has 2 aromatic carbocycles. The molecule has 0 amide bonds. The Hall–Kier alpha value is -1.70. The van der Waals surface area contributed by atoms with Gasteiger partial charge in [-0.15, -0.1) is 0 Å². The number of hydrogen-bond donors (Lipinski definition) is 1. The Balaban J connectivity index is 2.96. The summed E-state index contributed by atoms with van der Waals surface area (Å²) >= 11 is 0. The molecule has 0 saturated heterocycles. The van der Waals surface area contributed by atoms with Crippen molar-refractivity contribution >= 4 is 10.8 Å². The molecular weight excluding hydrogens is 152 g/mol. The molecule has 0 radical (unpaired) electrons. The van der Waals surface area contributed by atoms with Crippen molar-refractivity contribution in [2.45, 2.75) is 0 Å². The molecule has 0 aliphatic rings. The molecule has 0 spiro atoms. The molecule has 0 atom stereocenters. The fourth-order valence-corrected chi connectivity index (χ4v) is 1.29. The largest absolute Gasteiger partial charge is 0.872 e. The van der Waals surface area contributed by atoms with Crippen molar-refractivity contribution in [3.05, 3.63) is 36.4 Å². The molecule has 0 saturated carbocycles. The van der Waals surface area contributed by atoms with E-state index in [0.717, 1.165) is 5.39 Å². The predicted octanol–water partition coefficient (Wildman–Crippen LogP) is 1.62. The van der Waals surface area contributed by atoms with Gasteiger partial charge in [0.05, 0.1) is 0 Å². The van der Waals surface area contributed by atoms with E-state index in [9.17, 15) is 10.2 Å². The smallest absolute Gasteiger partial charge is 0.122 e. The third-order valence-electron chi connectivity index (χ3n) is 1.84. The summed E-state index contributed by atoms with van der Waals surface area (Å²) in [6.45, 7) is 0. The van der Waals surface area contributed by atoms with Crippen LogP contribution >= 0.6 is 0 Å². The Labute approximate surface area is 69.7 Å². The van der Waals surface area contributed by atoms with Crippen LogP contribution in [0.3, 0.4) is 0 Å². The highest BCUT2D eigenvalue weighted by molar-refractivity contribution is 5.92. The van der Waals surface area contributed by atoms with Crippen LogP contribution in [0.25, 0.3) is 10.8 Å². The number of aromatic hydroxyl groups is 1. The number of benzene rings is 2. The lowest BCUT2D eigenvalue weighted by Gasteiger charge is -2.10. The highest BCUT2D eigenvalue weighted by Gasteiger charge is 1.97. The first-order valence-corrected chi connectivity index (χ1v) is 3.67. The number of hydrogen-bond acceptors (Lipinski definition) is 2. The maximum atomic E-state index is 11.2. The van der Waals surface area contributed by atoms with Crippen LogP contribution in [0.5, 0.6) is 11.5 Å². The molecule has 0 fully saturated rings. The van der Waals surface area contributed by atoms with Gasteiger partial charge in [-0.25, -0.2) is 0 Å². The van der Waals surface area contributed by atoms with Crippen LogP contribution in [0.4, 0.5) is 0 Å². The van der Waals surface area contributed by atoms with Gasteiger partial charge in [0.1, 0.15) is 5.75 Å².